The molecule has 0 saturated heterocycles. The van der Waals surface area contributed by atoms with Crippen LogP contribution in [0.3, 0.4) is 0 Å². The summed E-state index contributed by atoms with van der Waals surface area (Å²) in [5, 5.41) is 16.1. The molecule has 0 fully saturated rings. The van der Waals surface area contributed by atoms with Gasteiger partial charge >= 0.3 is 0 Å². The average molecular weight is 414 g/mol. The third-order valence-electron chi connectivity index (χ3n) is 5.32. The first-order valence-corrected chi connectivity index (χ1v) is 10.3. The van der Waals surface area contributed by atoms with Gasteiger partial charge in [0.05, 0.1) is 22.8 Å². The summed E-state index contributed by atoms with van der Waals surface area (Å²) in [4.78, 5) is 24.8. The second-order valence-corrected chi connectivity index (χ2v) is 7.62. The van der Waals surface area contributed by atoms with Gasteiger partial charge < -0.3 is 4.74 Å². The van der Waals surface area contributed by atoms with Crippen LogP contribution in [0.2, 0.25) is 0 Å². The fraction of sp³-hybridized carbons (Fsp3) is 0.478. The van der Waals surface area contributed by atoms with Gasteiger partial charge in [-0.3, -0.25) is 14.9 Å². The van der Waals surface area contributed by atoms with Crippen molar-refractivity contribution in [1.29, 1.82) is 0 Å². The number of benzene rings is 1. The number of rotatable bonds is 9. The number of hydrogen-bond donors (Lipinski definition) is 0. The molecule has 0 aliphatic rings. The van der Waals surface area contributed by atoms with Gasteiger partial charge in [-0.2, -0.15) is 5.10 Å². The summed E-state index contributed by atoms with van der Waals surface area (Å²) in [6.45, 7) is 14.3. The smallest absolute Gasteiger partial charge is 0.277 e. The van der Waals surface area contributed by atoms with Crippen molar-refractivity contribution in [3.8, 4) is 5.88 Å². The van der Waals surface area contributed by atoms with Crippen LogP contribution in [0.4, 0.5) is 5.69 Å². The number of nitro benzene ring substituents is 1. The molecule has 0 atom stereocenters. The molecule has 0 N–H and O–H groups in total. The number of nitrogens with zero attached hydrogens (tertiary/aromatic N) is 3. The molecule has 0 aliphatic heterocycles. The highest BCUT2D eigenvalue weighted by Gasteiger charge is 2.28. The van der Waals surface area contributed by atoms with E-state index in [0.717, 1.165) is 24.0 Å². The number of allylic oxidation sites excluding steroid dienone is 2. The van der Waals surface area contributed by atoms with E-state index in [4.69, 9.17) is 4.74 Å². The Balaban J connectivity index is 2.70. The van der Waals surface area contributed by atoms with Gasteiger partial charge in [0, 0.05) is 18.2 Å². The van der Waals surface area contributed by atoms with Gasteiger partial charge in [0.15, 0.2) is 0 Å². The second kappa shape index (κ2) is 9.69. The first-order chi connectivity index (χ1) is 14.1. The Kier molecular flexibility index (Phi) is 7.54. The van der Waals surface area contributed by atoms with E-state index in [0.29, 0.717) is 47.0 Å². The quantitative estimate of drug-likeness (QED) is 0.301. The molecular formula is C23H31N3O4. The number of ketones is 1. The molecule has 30 heavy (non-hydrogen) atoms. The lowest BCUT2D eigenvalue weighted by Crippen LogP contribution is -2.11. The minimum atomic E-state index is -0.400. The van der Waals surface area contributed by atoms with Crippen LogP contribution in [0.5, 0.6) is 5.88 Å². The lowest BCUT2D eigenvalue weighted by atomic mass is 9.90. The van der Waals surface area contributed by atoms with Gasteiger partial charge in [0.25, 0.3) is 5.69 Å². The normalized spacial score (nSPS) is 10.8. The van der Waals surface area contributed by atoms with Crippen LogP contribution in [0.25, 0.3) is 5.57 Å². The maximum atomic E-state index is 13.6. The Morgan fingerprint density at radius 1 is 1.17 bits per heavy atom. The van der Waals surface area contributed by atoms with Gasteiger partial charge in [-0.1, -0.05) is 18.9 Å². The van der Waals surface area contributed by atoms with E-state index in [9.17, 15) is 14.9 Å². The number of carbonyl (C=O) groups is 1. The van der Waals surface area contributed by atoms with E-state index in [1.54, 1.807) is 18.5 Å². The molecule has 7 nitrogen and oxygen atoms in total. The van der Waals surface area contributed by atoms with E-state index in [-0.39, 0.29) is 11.5 Å². The van der Waals surface area contributed by atoms with Gasteiger partial charge in [0.1, 0.15) is 5.56 Å². The molecule has 1 aromatic carbocycles. The predicted octanol–water partition coefficient (Wildman–Crippen LogP) is 5.65. The molecule has 1 aromatic heterocycles. The van der Waals surface area contributed by atoms with Crippen molar-refractivity contribution in [3.05, 3.63) is 55.8 Å². The standard InChI is InChI=1S/C23H31N3O4/c1-8-10-13-25-23(30-9-2)21(17(7)24-25)22(27)18-11-12-19(26(28)29)20(16(18)6)15(5)14(3)4/h11-12H,8-10,13H2,1-7H3. The maximum absolute atomic E-state index is 13.6. The first kappa shape index (κ1) is 23.3. The van der Waals surface area contributed by atoms with Crippen molar-refractivity contribution in [2.75, 3.05) is 6.61 Å². The van der Waals surface area contributed by atoms with Crippen molar-refractivity contribution < 1.29 is 14.5 Å². The maximum Gasteiger partial charge on any atom is 0.277 e. The summed E-state index contributed by atoms with van der Waals surface area (Å²) in [6, 6.07) is 2.95. The number of ether oxygens (including phenoxy) is 1. The molecule has 0 unspecified atom stereocenters. The Hall–Kier alpha value is -2.96. The SMILES string of the molecule is CCCCn1nc(C)c(C(=O)c2ccc([N+](=O)[O-])c(C(C)=C(C)C)c2C)c1OCC. The number of nitro groups is 1. The summed E-state index contributed by atoms with van der Waals surface area (Å²) in [5.74, 6) is 0.237. The summed E-state index contributed by atoms with van der Waals surface area (Å²) in [6.07, 6.45) is 1.93. The van der Waals surface area contributed by atoms with Gasteiger partial charge in [-0.05, 0) is 65.2 Å². The van der Waals surface area contributed by atoms with Crippen LogP contribution in [0, 0.1) is 24.0 Å². The lowest BCUT2D eigenvalue weighted by molar-refractivity contribution is -0.385. The Labute approximate surface area is 177 Å². The number of hydrogen-bond acceptors (Lipinski definition) is 5. The summed E-state index contributed by atoms with van der Waals surface area (Å²) in [5.41, 5.74) is 4.30. The molecule has 1 heterocycles. The van der Waals surface area contributed by atoms with E-state index in [2.05, 4.69) is 12.0 Å². The number of aryl methyl sites for hydroxylation is 2. The Morgan fingerprint density at radius 3 is 2.37 bits per heavy atom. The predicted molar refractivity (Wildman–Crippen MR) is 118 cm³/mol. The minimum Gasteiger partial charge on any atom is -0.478 e. The molecule has 162 valence electrons. The largest absolute Gasteiger partial charge is 0.478 e. The van der Waals surface area contributed by atoms with Crippen LogP contribution < -0.4 is 4.74 Å². The fourth-order valence-electron chi connectivity index (χ4n) is 3.52. The third kappa shape index (κ3) is 4.45. The van der Waals surface area contributed by atoms with Crippen LogP contribution in [-0.4, -0.2) is 27.1 Å². The summed E-state index contributed by atoms with van der Waals surface area (Å²) >= 11 is 0. The Bertz CT molecular complexity index is 998. The number of aromatic nitrogens is 2. The number of unbranched alkanes of at least 4 members (excludes halogenated alkanes) is 1. The van der Waals surface area contributed by atoms with Crippen LogP contribution >= 0.6 is 0 Å². The molecule has 0 aliphatic carbocycles. The molecule has 7 heteroatoms. The van der Waals surface area contributed by atoms with E-state index < -0.39 is 4.92 Å². The number of carbonyl (C=O) groups excluding carboxylic acids is 1. The zero-order valence-electron chi connectivity index (χ0n) is 19.0. The molecular weight excluding hydrogens is 382 g/mol. The fourth-order valence-corrected chi connectivity index (χ4v) is 3.52. The zero-order chi connectivity index (χ0) is 22.6. The first-order valence-electron chi connectivity index (χ1n) is 10.3. The minimum absolute atomic E-state index is 0.00291. The molecule has 0 bridgehead atoms. The van der Waals surface area contributed by atoms with Gasteiger partial charge in [0.2, 0.25) is 11.7 Å². The van der Waals surface area contributed by atoms with E-state index in [1.807, 2.05) is 27.7 Å². The van der Waals surface area contributed by atoms with E-state index in [1.165, 1.54) is 12.1 Å². The molecule has 2 rings (SSSR count). The van der Waals surface area contributed by atoms with Crippen LogP contribution in [-0.2, 0) is 6.54 Å². The van der Waals surface area contributed by atoms with Crippen molar-refractivity contribution in [2.45, 2.75) is 67.9 Å². The lowest BCUT2D eigenvalue weighted by Gasteiger charge is -2.14. The average Bonchev–Trinajstić information content (AvgIpc) is 3.00. The van der Waals surface area contributed by atoms with E-state index >= 15 is 0 Å². The topological polar surface area (TPSA) is 87.3 Å². The highest BCUT2D eigenvalue weighted by molar-refractivity contribution is 6.12. The van der Waals surface area contributed by atoms with Gasteiger partial charge in [-0.15, -0.1) is 0 Å². The molecule has 2 aromatic rings. The molecule has 0 radical (unpaired) electrons. The highest BCUT2D eigenvalue weighted by atomic mass is 16.6. The van der Waals surface area contributed by atoms with Crippen molar-refractivity contribution in [3.63, 3.8) is 0 Å². The summed E-state index contributed by atoms with van der Waals surface area (Å²) in [7, 11) is 0. The van der Waals surface area contributed by atoms with Crippen molar-refractivity contribution >= 4 is 17.0 Å². The van der Waals surface area contributed by atoms with Crippen LogP contribution in [0.15, 0.2) is 17.7 Å². The molecule has 0 spiro atoms. The highest BCUT2D eigenvalue weighted by Crippen LogP contribution is 2.35. The molecule has 0 saturated carbocycles. The molecule has 0 amide bonds. The third-order valence-corrected chi connectivity index (χ3v) is 5.32. The van der Waals surface area contributed by atoms with Crippen molar-refractivity contribution in [1.82, 2.24) is 9.78 Å². The monoisotopic (exact) mass is 413 g/mol. The van der Waals surface area contributed by atoms with Gasteiger partial charge in [-0.25, -0.2) is 4.68 Å². The summed E-state index contributed by atoms with van der Waals surface area (Å²) < 4.78 is 7.56. The second-order valence-electron chi connectivity index (χ2n) is 7.62. The zero-order valence-corrected chi connectivity index (χ0v) is 19.0. The van der Waals surface area contributed by atoms with Crippen molar-refractivity contribution in [2.24, 2.45) is 0 Å². The Morgan fingerprint density at radius 2 is 1.83 bits per heavy atom. The van der Waals surface area contributed by atoms with Crippen LogP contribution in [0.1, 0.15) is 80.2 Å².